The highest BCUT2D eigenvalue weighted by atomic mass is 19.4. The molecule has 1 aliphatic heterocycles. The molecule has 2 atom stereocenters. The topological polar surface area (TPSA) is 50.4 Å². The predicted octanol–water partition coefficient (Wildman–Crippen LogP) is 2.05. The van der Waals surface area contributed by atoms with Crippen LogP contribution in [0.25, 0.3) is 0 Å². The van der Waals surface area contributed by atoms with Gasteiger partial charge in [-0.05, 0) is 33.7 Å². The molecule has 0 aromatic rings. The SMILES string of the molecule is CC(C)(C)OC(=O)N[C@H]1CCNC[C@H]1C(F)(F)F. The molecule has 0 spiro atoms. The summed E-state index contributed by atoms with van der Waals surface area (Å²) in [6.45, 7) is 5.26. The first-order valence-electron chi connectivity index (χ1n) is 5.86. The van der Waals surface area contributed by atoms with Crippen LogP contribution in [0.4, 0.5) is 18.0 Å². The summed E-state index contributed by atoms with van der Waals surface area (Å²) in [6.07, 6.45) is -4.89. The van der Waals surface area contributed by atoms with E-state index in [9.17, 15) is 18.0 Å². The van der Waals surface area contributed by atoms with Crippen LogP contribution in [0.3, 0.4) is 0 Å². The van der Waals surface area contributed by atoms with Crippen molar-refractivity contribution in [3.05, 3.63) is 0 Å². The number of alkyl halides is 3. The molecule has 4 nitrogen and oxygen atoms in total. The fourth-order valence-electron chi connectivity index (χ4n) is 1.83. The molecular formula is C11H19F3N2O2. The Labute approximate surface area is 104 Å². The average Bonchev–Trinajstić information content (AvgIpc) is 2.13. The highest BCUT2D eigenvalue weighted by Gasteiger charge is 2.46. The van der Waals surface area contributed by atoms with Gasteiger partial charge in [0.25, 0.3) is 0 Å². The third-order valence-electron chi connectivity index (χ3n) is 2.60. The molecule has 0 aromatic heterocycles. The van der Waals surface area contributed by atoms with Crippen LogP contribution in [0, 0.1) is 5.92 Å². The van der Waals surface area contributed by atoms with Gasteiger partial charge in [-0.15, -0.1) is 0 Å². The highest BCUT2D eigenvalue weighted by Crippen LogP contribution is 2.31. The lowest BCUT2D eigenvalue weighted by Crippen LogP contribution is -2.55. The van der Waals surface area contributed by atoms with Crippen LogP contribution >= 0.6 is 0 Å². The van der Waals surface area contributed by atoms with Gasteiger partial charge >= 0.3 is 12.3 Å². The summed E-state index contributed by atoms with van der Waals surface area (Å²) in [4.78, 5) is 11.5. The Morgan fingerprint density at radius 1 is 1.33 bits per heavy atom. The van der Waals surface area contributed by atoms with Gasteiger partial charge in [-0.3, -0.25) is 0 Å². The fraction of sp³-hybridized carbons (Fsp3) is 0.909. The van der Waals surface area contributed by atoms with Crippen LogP contribution in [-0.2, 0) is 4.74 Å². The Hall–Kier alpha value is -0.980. The van der Waals surface area contributed by atoms with E-state index >= 15 is 0 Å². The second-order valence-electron chi connectivity index (χ2n) is 5.39. The van der Waals surface area contributed by atoms with E-state index in [4.69, 9.17) is 4.74 Å². The van der Waals surface area contributed by atoms with Crippen LogP contribution in [0.15, 0.2) is 0 Å². The number of rotatable bonds is 1. The average molecular weight is 268 g/mol. The van der Waals surface area contributed by atoms with Gasteiger partial charge in [0.05, 0.1) is 5.92 Å². The molecule has 1 saturated heterocycles. The summed E-state index contributed by atoms with van der Waals surface area (Å²) in [5.74, 6) is -1.57. The summed E-state index contributed by atoms with van der Waals surface area (Å²) in [6, 6.07) is -0.930. The van der Waals surface area contributed by atoms with Gasteiger partial charge in [-0.2, -0.15) is 13.2 Å². The molecular weight excluding hydrogens is 249 g/mol. The van der Waals surface area contributed by atoms with Crippen LogP contribution in [0.1, 0.15) is 27.2 Å². The molecule has 1 fully saturated rings. The van der Waals surface area contributed by atoms with E-state index < -0.39 is 29.8 Å². The van der Waals surface area contributed by atoms with E-state index in [0.29, 0.717) is 6.54 Å². The monoisotopic (exact) mass is 268 g/mol. The van der Waals surface area contributed by atoms with Gasteiger partial charge in [-0.1, -0.05) is 0 Å². The summed E-state index contributed by atoms with van der Waals surface area (Å²) in [5.41, 5.74) is -0.718. The zero-order chi connectivity index (χ0) is 14.0. The molecule has 0 unspecified atom stereocenters. The Morgan fingerprint density at radius 2 is 1.94 bits per heavy atom. The number of nitrogens with one attached hydrogen (secondary N) is 2. The van der Waals surface area contributed by atoms with Gasteiger partial charge < -0.3 is 15.4 Å². The van der Waals surface area contributed by atoms with Crippen LogP contribution < -0.4 is 10.6 Å². The Balaban J connectivity index is 2.60. The van der Waals surface area contributed by atoms with E-state index in [0.717, 1.165) is 0 Å². The molecule has 0 aliphatic carbocycles. The van der Waals surface area contributed by atoms with Crippen molar-refractivity contribution in [1.82, 2.24) is 10.6 Å². The second-order valence-corrected chi connectivity index (χ2v) is 5.39. The summed E-state index contributed by atoms with van der Waals surface area (Å²) in [5, 5.41) is 4.99. The van der Waals surface area contributed by atoms with Gasteiger partial charge in [0, 0.05) is 12.6 Å². The number of piperidine rings is 1. The van der Waals surface area contributed by atoms with Crippen LogP contribution in [-0.4, -0.2) is 37.0 Å². The number of carbonyl (C=O) groups is 1. The van der Waals surface area contributed by atoms with E-state index in [-0.39, 0.29) is 13.0 Å². The summed E-state index contributed by atoms with van der Waals surface area (Å²) >= 11 is 0. The lowest BCUT2D eigenvalue weighted by Gasteiger charge is -2.34. The first-order chi connectivity index (χ1) is 8.09. The molecule has 1 heterocycles. The number of amides is 1. The zero-order valence-corrected chi connectivity index (χ0v) is 10.7. The lowest BCUT2D eigenvalue weighted by molar-refractivity contribution is -0.184. The number of alkyl carbamates (subject to hydrolysis) is 1. The van der Waals surface area contributed by atoms with E-state index in [1.54, 1.807) is 20.8 Å². The van der Waals surface area contributed by atoms with Crippen molar-refractivity contribution in [3.63, 3.8) is 0 Å². The molecule has 1 amide bonds. The molecule has 18 heavy (non-hydrogen) atoms. The lowest BCUT2D eigenvalue weighted by atomic mass is 9.93. The number of ether oxygens (including phenoxy) is 1. The highest BCUT2D eigenvalue weighted by molar-refractivity contribution is 5.68. The molecule has 1 rings (SSSR count). The fourth-order valence-corrected chi connectivity index (χ4v) is 1.83. The van der Waals surface area contributed by atoms with Crippen molar-refractivity contribution in [1.29, 1.82) is 0 Å². The Bertz CT molecular complexity index is 300. The molecule has 2 N–H and O–H groups in total. The maximum absolute atomic E-state index is 12.7. The third kappa shape index (κ3) is 4.72. The van der Waals surface area contributed by atoms with E-state index in [1.165, 1.54) is 0 Å². The summed E-state index contributed by atoms with van der Waals surface area (Å²) < 4.78 is 43.2. The van der Waals surface area contributed by atoms with Gasteiger partial charge in [-0.25, -0.2) is 4.79 Å². The van der Waals surface area contributed by atoms with Crippen molar-refractivity contribution in [2.24, 2.45) is 5.92 Å². The van der Waals surface area contributed by atoms with Gasteiger partial charge in [0.2, 0.25) is 0 Å². The zero-order valence-electron chi connectivity index (χ0n) is 10.7. The summed E-state index contributed by atoms with van der Waals surface area (Å²) in [7, 11) is 0. The smallest absolute Gasteiger partial charge is 0.407 e. The van der Waals surface area contributed by atoms with Crippen LogP contribution in [0.5, 0.6) is 0 Å². The molecule has 106 valence electrons. The van der Waals surface area contributed by atoms with Crippen molar-refractivity contribution >= 4 is 6.09 Å². The maximum Gasteiger partial charge on any atom is 0.407 e. The van der Waals surface area contributed by atoms with Gasteiger partial charge in [0.1, 0.15) is 5.60 Å². The van der Waals surface area contributed by atoms with E-state index in [2.05, 4.69) is 10.6 Å². The number of hydrogen-bond acceptors (Lipinski definition) is 3. The van der Waals surface area contributed by atoms with Gasteiger partial charge in [0.15, 0.2) is 0 Å². The molecule has 1 aliphatic rings. The van der Waals surface area contributed by atoms with E-state index in [1.807, 2.05) is 0 Å². The molecule has 0 bridgehead atoms. The van der Waals surface area contributed by atoms with Crippen molar-refractivity contribution in [2.75, 3.05) is 13.1 Å². The minimum absolute atomic E-state index is 0.177. The van der Waals surface area contributed by atoms with Crippen molar-refractivity contribution in [2.45, 2.75) is 45.0 Å². The molecule has 0 aromatic carbocycles. The van der Waals surface area contributed by atoms with Crippen molar-refractivity contribution < 1.29 is 22.7 Å². The third-order valence-corrected chi connectivity index (χ3v) is 2.60. The standard InChI is InChI=1S/C11H19F3N2O2/c1-10(2,3)18-9(17)16-8-4-5-15-6-7(8)11(12,13)14/h7-8,15H,4-6H2,1-3H3,(H,16,17)/t7-,8+/m1/s1. The number of hydrogen-bond donors (Lipinski definition) is 2. The maximum atomic E-state index is 12.7. The minimum atomic E-state index is -4.33. The second kappa shape index (κ2) is 5.34. The quantitative estimate of drug-likeness (QED) is 0.765. The van der Waals surface area contributed by atoms with Crippen molar-refractivity contribution in [3.8, 4) is 0 Å². The predicted molar refractivity (Wildman–Crippen MR) is 60.2 cm³/mol. The molecule has 0 radical (unpaired) electrons. The largest absolute Gasteiger partial charge is 0.444 e. The number of halogens is 3. The first-order valence-corrected chi connectivity index (χ1v) is 5.86. The van der Waals surface area contributed by atoms with Crippen LogP contribution in [0.2, 0.25) is 0 Å². The normalized spacial score (nSPS) is 25.7. The first kappa shape index (κ1) is 15.1. The number of carbonyl (C=O) groups excluding carboxylic acids is 1. The Kier molecular flexibility index (Phi) is 4.47. The Morgan fingerprint density at radius 3 is 2.44 bits per heavy atom. The minimum Gasteiger partial charge on any atom is -0.444 e. The molecule has 0 saturated carbocycles. The molecule has 7 heteroatoms.